The minimum absolute atomic E-state index is 0.00929. The molecule has 3 N–H and O–H groups in total. The maximum Gasteiger partial charge on any atom is 0.355 e. The highest BCUT2D eigenvalue weighted by molar-refractivity contribution is 7.89. The Kier molecular flexibility index (Phi) is 6.93. The molecule has 0 aliphatic rings. The number of sulfonamides is 1. The van der Waals surface area contributed by atoms with Crippen LogP contribution in [-0.4, -0.2) is 32.0 Å². The molecule has 36 heavy (non-hydrogen) atoms. The number of carbonyl (C=O) groups excluding carboxylic acids is 2. The van der Waals surface area contributed by atoms with Gasteiger partial charge in [0.1, 0.15) is 5.69 Å². The van der Waals surface area contributed by atoms with Gasteiger partial charge in [-0.05, 0) is 54.6 Å². The van der Waals surface area contributed by atoms with Crippen molar-refractivity contribution in [2.75, 3.05) is 7.11 Å². The Morgan fingerprint density at radius 2 is 1.69 bits per heavy atom. The Morgan fingerprint density at radius 3 is 2.31 bits per heavy atom. The van der Waals surface area contributed by atoms with Crippen molar-refractivity contribution in [3.05, 3.63) is 105 Å². The Hall–Kier alpha value is -3.99. The number of hydrogen-bond acceptors (Lipinski definition) is 6. The topological polar surface area (TPSA) is 138 Å². The van der Waals surface area contributed by atoms with Crippen LogP contribution in [0.5, 0.6) is 0 Å². The first-order chi connectivity index (χ1) is 17.1. The number of benzene rings is 3. The number of carbonyl (C=O) groups is 2. The molecule has 0 spiro atoms. The molecule has 4 rings (SSSR count). The van der Waals surface area contributed by atoms with Crippen LogP contribution < -0.4 is 15.9 Å². The van der Waals surface area contributed by atoms with Gasteiger partial charge in [0.05, 0.1) is 23.1 Å². The van der Waals surface area contributed by atoms with Crippen LogP contribution in [0.4, 0.5) is 0 Å². The van der Waals surface area contributed by atoms with E-state index in [1.807, 2.05) is 0 Å². The first-order valence-corrected chi connectivity index (χ1v) is 12.5. The number of methoxy groups -OCH3 is 1. The number of primary sulfonamides is 1. The van der Waals surface area contributed by atoms with Crippen LogP contribution >= 0.6 is 11.6 Å². The highest BCUT2D eigenvalue weighted by Gasteiger charge is 2.25. The normalized spacial score (nSPS) is 11.3. The largest absolute Gasteiger partial charge is 0.464 e. The zero-order valence-corrected chi connectivity index (χ0v) is 20.5. The molecule has 0 aliphatic heterocycles. The molecule has 3 aromatic carbocycles. The van der Waals surface area contributed by atoms with E-state index in [1.54, 1.807) is 53.1 Å². The number of amides is 1. The molecule has 1 aromatic heterocycles. The quantitative estimate of drug-likeness (QED) is 0.371. The molecule has 0 radical (unpaired) electrons. The van der Waals surface area contributed by atoms with E-state index < -0.39 is 27.3 Å². The van der Waals surface area contributed by atoms with Gasteiger partial charge in [-0.15, -0.1) is 0 Å². The fourth-order valence-corrected chi connectivity index (χ4v) is 4.48. The number of nitrogens with two attached hydrogens (primary N) is 1. The molecule has 0 saturated heterocycles. The van der Waals surface area contributed by atoms with Crippen LogP contribution in [0, 0.1) is 0 Å². The van der Waals surface area contributed by atoms with Crippen molar-refractivity contribution in [1.82, 2.24) is 9.88 Å². The average Bonchev–Trinajstić information content (AvgIpc) is 2.87. The summed E-state index contributed by atoms with van der Waals surface area (Å²) in [6, 6.07) is 18.6. The number of hydrogen-bond donors (Lipinski definition) is 2. The zero-order chi connectivity index (χ0) is 26.0. The molecule has 0 unspecified atom stereocenters. The molecule has 11 heteroatoms. The molecule has 1 amide bonds. The smallest absolute Gasteiger partial charge is 0.355 e. The van der Waals surface area contributed by atoms with E-state index >= 15 is 0 Å². The maximum absolute atomic E-state index is 13.5. The summed E-state index contributed by atoms with van der Waals surface area (Å²) in [7, 11) is -2.72. The Balaban J connectivity index is 1.84. The number of ether oxygens (including phenoxy) is 1. The van der Waals surface area contributed by atoms with Crippen LogP contribution in [0.15, 0.2) is 82.5 Å². The third-order valence-corrected chi connectivity index (χ3v) is 6.66. The second-order valence-corrected chi connectivity index (χ2v) is 9.73. The maximum atomic E-state index is 13.5. The first-order valence-electron chi connectivity index (χ1n) is 10.5. The van der Waals surface area contributed by atoms with Gasteiger partial charge in [-0.2, -0.15) is 0 Å². The summed E-state index contributed by atoms with van der Waals surface area (Å²) in [5.41, 5.74) is 0.588. The molecule has 0 atom stereocenters. The van der Waals surface area contributed by atoms with Crippen molar-refractivity contribution in [3.8, 4) is 5.69 Å². The number of fused-ring (bicyclic) bond motifs is 1. The van der Waals surface area contributed by atoms with Crippen LogP contribution in [0.2, 0.25) is 5.02 Å². The average molecular weight is 526 g/mol. The zero-order valence-electron chi connectivity index (χ0n) is 18.9. The molecule has 0 bridgehead atoms. The number of para-hydroxylation sites is 1. The van der Waals surface area contributed by atoms with Gasteiger partial charge in [0, 0.05) is 28.2 Å². The predicted molar refractivity (Wildman–Crippen MR) is 135 cm³/mol. The summed E-state index contributed by atoms with van der Waals surface area (Å²) >= 11 is 6.21. The van der Waals surface area contributed by atoms with Gasteiger partial charge < -0.3 is 14.6 Å². The van der Waals surface area contributed by atoms with E-state index in [2.05, 4.69) is 5.32 Å². The van der Waals surface area contributed by atoms with Crippen molar-refractivity contribution in [3.63, 3.8) is 0 Å². The Bertz CT molecular complexity index is 1650. The third kappa shape index (κ3) is 4.87. The summed E-state index contributed by atoms with van der Waals surface area (Å²) in [6.45, 7) is -0.301. The summed E-state index contributed by atoms with van der Waals surface area (Å²) < 4.78 is 29.5. The number of halogens is 1. The van der Waals surface area contributed by atoms with E-state index in [0.717, 1.165) is 0 Å². The Morgan fingerprint density at radius 1 is 1.03 bits per heavy atom. The monoisotopic (exact) mass is 525 g/mol. The molecule has 184 valence electrons. The summed E-state index contributed by atoms with van der Waals surface area (Å²) in [6.07, 6.45) is 0. The lowest BCUT2D eigenvalue weighted by atomic mass is 10.1. The summed E-state index contributed by atoms with van der Waals surface area (Å²) in [5.74, 6) is -1.37. The van der Waals surface area contributed by atoms with Crippen molar-refractivity contribution >= 4 is 44.4 Å². The minimum Gasteiger partial charge on any atom is -0.464 e. The van der Waals surface area contributed by atoms with Crippen molar-refractivity contribution < 1.29 is 22.7 Å². The lowest BCUT2D eigenvalue weighted by Crippen LogP contribution is -2.31. The molecular formula is C25H20ClN3O6S. The molecule has 0 aliphatic carbocycles. The first kappa shape index (κ1) is 25.1. The number of pyridine rings is 1. The van der Waals surface area contributed by atoms with E-state index in [1.165, 1.54) is 31.4 Å². The lowest BCUT2D eigenvalue weighted by molar-refractivity contribution is 0.0588. The highest BCUT2D eigenvalue weighted by Crippen LogP contribution is 2.25. The van der Waals surface area contributed by atoms with Gasteiger partial charge in [0.15, 0.2) is 5.43 Å². The SMILES string of the molecule is COC(=O)c1c(CNC(=O)c2ccc(S(N)(=O)=O)cc2)c(=O)c2ccc(Cl)cc2n1-c1ccccc1. The van der Waals surface area contributed by atoms with Crippen molar-refractivity contribution in [2.24, 2.45) is 5.14 Å². The molecule has 0 fully saturated rings. The van der Waals surface area contributed by atoms with Gasteiger partial charge >= 0.3 is 5.97 Å². The minimum atomic E-state index is -3.92. The number of nitrogens with zero attached hydrogens (tertiary/aromatic N) is 1. The lowest BCUT2D eigenvalue weighted by Gasteiger charge is -2.20. The molecular weight excluding hydrogens is 506 g/mol. The second kappa shape index (κ2) is 9.94. The number of aromatic nitrogens is 1. The highest BCUT2D eigenvalue weighted by atomic mass is 35.5. The van der Waals surface area contributed by atoms with Gasteiger partial charge in [-0.1, -0.05) is 29.8 Å². The van der Waals surface area contributed by atoms with Crippen LogP contribution in [-0.2, 0) is 21.3 Å². The summed E-state index contributed by atoms with van der Waals surface area (Å²) in [5, 5.41) is 8.37. The fraction of sp³-hybridized carbons (Fsp3) is 0.0800. The Labute approximate surface area is 211 Å². The van der Waals surface area contributed by atoms with Gasteiger partial charge in [0.25, 0.3) is 5.91 Å². The van der Waals surface area contributed by atoms with E-state index in [0.29, 0.717) is 16.2 Å². The van der Waals surface area contributed by atoms with Crippen LogP contribution in [0.25, 0.3) is 16.6 Å². The van der Waals surface area contributed by atoms with E-state index in [9.17, 15) is 22.8 Å². The molecule has 1 heterocycles. The van der Waals surface area contributed by atoms with E-state index in [-0.39, 0.29) is 33.6 Å². The molecule has 0 saturated carbocycles. The summed E-state index contributed by atoms with van der Waals surface area (Å²) in [4.78, 5) is 39.1. The standard InChI is InChI=1S/C25H20ClN3O6S/c1-35-25(32)22-20(14-28-24(31)15-7-10-18(11-8-15)36(27,33)34)23(30)19-12-9-16(26)13-21(19)29(22)17-5-3-2-4-6-17/h2-13H,14H2,1H3,(H,28,31)(H2,27,33,34). The van der Waals surface area contributed by atoms with Gasteiger partial charge in [0.2, 0.25) is 10.0 Å². The molecule has 4 aromatic rings. The number of nitrogens with one attached hydrogen (secondary N) is 1. The third-order valence-electron chi connectivity index (χ3n) is 5.49. The van der Waals surface area contributed by atoms with Gasteiger partial charge in [-0.25, -0.2) is 18.4 Å². The van der Waals surface area contributed by atoms with Crippen LogP contribution in [0.3, 0.4) is 0 Å². The molecule has 9 nitrogen and oxygen atoms in total. The second-order valence-electron chi connectivity index (χ2n) is 7.73. The van der Waals surface area contributed by atoms with Crippen molar-refractivity contribution in [2.45, 2.75) is 11.4 Å². The number of rotatable bonds is 6. The van der Waals surface area contributed by atoms with Crippen LogP contribution in [0.1, 0.15) is 26.4 Å². The fourth-order valence-electron chi connectivity index (χ4n) is 3.79. The number of esters is 1. The van der Waals surface area contributed by atoms with Gasteiger partial charge in [-0.3, -0.25) is 9.59 Å². The van der Waals surface area contributed by atoms with E-state index in [4.69, 9.17) is 21.5 Å². The van der Waals surface area contributed by atoms with Crippen molar-refractivity contribution in [1.29, 1.82) is 0 Å². The predicted octanol–water partition coefficient (Wildman–Crippen LogP) is 3.01.